The molecule has 4 heteroatoms. The van der Waals surface area contributed by atoms with Gasteiger partial charge < -0.3 is 9.84 Å². The Kier molecular flexibility index (Phi) is 5.10. The van der Waals surface area contributed by atoms with Gasteiger partial charge in [-0.3, -0.25) is 4.98 Å². The Bertz CT molecular complexity index is 636. The normalized spacial score (nSPS) is 10.7. The fourth-order valence-electron chi connectivity index (χ4n) is 1.97. The number of aliphatic carboxylic acids is 1. The third-order valence-electron chi connectivity index (χ3n) is 2.98. The van der Waals surface area contributed by atoms with Gasteiger partial charge in [-0.05, 0) is 30.7 Å². The maximum Gasteiger partial charge on any atom is 0.328 e. The summed E-state index contributed by atoms with van der Waals surface area (Å²) in [6.45, 7) is 2.43. The van der Waals surface area contributed by atoms with Gasteiger partial charge in [-0.1, -0.05) is 24.3 Å². The van der Waals surface area contributed by atoms with Crippen LogP contribution in [0.25, 0.3) is 6.08 Å². The van der Waals surface area contributed by atoms with Crippen LogP contribution in [-0.4, -0.2) is 22.7 Å². The molecule has 4 nitrogen and oxygen atoms in total. The highest BCUT2D eigenvalue weighted by Crippen LogP contribution is 2.24. The van der Waals surface area contributed by atoms with Gasteiger partial charge in [-0.2, -0.15) is 0 Å². The van der Waals surface area contributed by atoms with Gasteiger partial charge in [0.15, 0.2) is 0 Å². The molecule has 1 N–H and O–H groups in total. The van der Waals surface area contributed by atoms with Crippen molar-refractivity contribution in [3.8, 4) is 5.75 Å². The molecule has 2 rings (SSSR count). The first-order valence-corrected chi connectivity index (χ1v) is 6.70. The molecular weight excluding hydrogens is 266 g/mol. The van der Waals surface area contributed by atoms with E-state index in [1.807, 2.05) is 43.3 Å². The van der Waals surface area contributed by atoms with Gasteiger partial charge in [0.05, 0.1) is 6.61 Å². The summed E-state index contributed by atoms with van der Waals surface area (Å²) in [6, 6.07) is 11.4. The van der Waals surface area contributed by atoms with Crippen molar-refractivity contribution < 1.29 is 14.6 Å². The number of nitrogens with zero attached hydrogens (tertiary/aromatic N) is 1. The summed E-state index contributed by atoms with van der Waals surface area (Å²) in [5.41, 5.74) is 2.70. The first-order chi connectivity index (χ1) is 10.2. The van der Waals surface area contributed by atoms with Crippen LogP contribution in [0.15, 0.2) is 48.7 Å². The highest BCUT2D eigenvalue weighted by atomic mass is 16.5. The molecule has 0 spiro atoms. The van der Waals surface area contributed by atoms with Gasteiger partial charge in [0.2, 0.25) is 0 Å². The number of rotatable bonds is 6. The van der Waals surface area contributed by atoms with Crippen molar-refractivity contribution in [3.05, 3.63) is 65.5 Å². The lowest BCUT2D eigenvalue weighted by Crippen LogP contribution is -2.04. The largest absolute Gasteiger partial charge is 0.492 e. The zero-order chi connectivity index (χ0) is 15.1. The summed E-state index contributed by atoms with van der Waals surface area (Å²) in [5, 5.41) is 8.72. The lowest BCUT2D eigenvalue weighted by atomic mass is 10.1. The smallest absolute Gasteiger partial charge is 0.328 e. The first kappa shape index (κ1) is 14.8. The Balaban J connectivity index is 2.06. The molecule has 108 valence electrons. The fraction of sp³-hybridized carbons (Fsp3) is 0.176. The Morgan fingerprint density at radius 3 is 2.86 bits per heavy atom. The van der Waals surface area contributed by atoms with Crippen molar-refractivity contribution in [2.24, 2.45) is 0 Å². The molecule has 2 aromatic rings. The number of carbonyl (C=O) groups is 1. The third kappa shape index (κ3) is 4.45. The Hall–Kier alpha value is -2.62. The van der Waals surface area contributed by atoms with Crippen LogP contribution >= 0.6 is 0 Å². The van der Waals surface area contributed by atoms with Crippen LogP contribution in [0.3, 0.4) is 0 Å². The zero-order valence-corrected chi connectivity index (χ0v) is 11.8. The lowest BCUT2D eigenvalue weighted by Gasteiger charge is -2.12. The number of hydrogen-bond acceptors (Lipinski definition) is 3. The van der Waals surface area contributed by atoms with Crippen LogP contribution < -0.4 is 4.74 Å². The standard InChI is InChI=1S/C17H17NO3/c1-13-5-4-6-14(8-9-16(19)20)17(13)21-12-10-15-7-2-3-11-18-15/h2-9,11H,10,12H2,1H3,(H,19,20)/b9-8+. The summed E-state index contributed by atoms with van der Waals surface area (Å²) in [4.78, 5) is 14.9. The summed E-state index contributed by atoms with van der Waals surface area (Å²) in [6.07, 6.45) is 5.12. The van der Waals surface area contributed by atoms with Crippen LogP contribution in [0.5, 0.6) is 5.75 Å². The lowest BCUT2D eigenvalue weighted by molar-refractivity contribution is -0.131. The second-order valence-electron chi connectivity index (χ2n) is 4.58. The van der Waals surface area contributed by atoms with Crippen LogP contribution in [0.4, 0.5) is 0 Å². The quantitative estimate of drug-likeness (QED) is 0.827. The van der Waals surface area contributed by atoms with E-state index in [-0.39, 0.29) is 0 Å². The van der Waals surface area contributed by atoms with E-state index in [9.17, 15) is 4.79 Å². The highest BCUT2D eigenvalue weighted by Gasteiger charge is 2.05. The number of ether oxygens (including phenoxy) is 1. The molecular formula is C17H17NO3. The second kappa shape index (κ2) is 7.24. The van der Waals surface area contributed by atoms with Gasteiger partial charge in [-0.25, -0.2) is 4.79 Å². The Morgan fingerprint density at radius 2 is 2.14 bits per heavy atom. The number of para-hydroxylation sites is 1. The van der Waals surface area contributed by atoms with Crippen molar-refractivity contribution in [1.29, 1.82) is 0 Å². The topological polar surface area (TPSA) is 59.4 Å². The van der Waals surface area contributed by atoms with E-state index < -0.39 is 5.97 Å². The molecule has 0 saturated heterocycles. The summed E-state index contributed by atoms with van der Waals surface area (Å²) in [5.74, 6) is -0.262. The first-order valence-electron chi connectivity index (χ1n) is 6.70. The number of carboxylic acid groups (broad SMARTS) is 1. The molecule has 1 aromatic heterocycles. The highest BCUT2D eigenvalue weighted by molar-refractivity contribution is 5.86. The maximum absolute atomic E-state index is 10.6. The van der Waals surface area contributed by atoms with E-state index in [2.05, 4.69) is 4.98 Å². The molecule has 0 aliphatic heterocycles. The monoisotopic (exact) mass is 283 g/mol. The van der Waals surface area contributed by atoms with Gasteiger partial charge >= 0.3 is 5.97 Å². The van der Waals surface area contributed by atoms with Crippen LogP contribution in [0.1, 0.15) is 16.8 Å². The molecule has 0 aliphatic carbocycles. The third-order valence-corrected chi connectivity index (χ3v) is 2.98. The van der Waals surface area contributed by atoms with Crippen molar-refractivity contribution in [2.75, 3.05) is 6.61 Å². The SMILES string of the molecule is Cc1cccc(/C=C/C(=O)O)c1OCCc1ccccn1. The zero-order valence-electron chi connectivity index (χ0n) is 11.8. The van der Waals surface area contributed by atoms with E-state index >= 15 is 0 Å². The number of aromatic nitrogens is 1. The van der Waals surface area contributed by atoms with Crippen LogP contribution in [0.2, 0.25) is 0 Å². The minimum Gasteiger partial charge on any atom is -0.492 e. The minimum absolute atomic E-state index is 0.496. The fourth-order valence-corrected chi connectivity index (χ4v) is 1.97. The van der Waals surface area contributed by atoms with Gasteiger partial charge in [0.25, 0.3) is 0 Å². The summed E-state index contributed by atoms with van der Waals surface area (Å²) in [7, 11) is 0. The number of hydrogen-bond donors (Lipinski definition) is 1. The molecule has 1 aromatic carbocycles. The number of benzene rings is 1. The van der Waals surface area contributed by atoms with Gasteiger partial charge in [0.1, 0.15) is 5.75 Å². The van der Waals surface area contributed by atoms with Gasteiger partial charge in [0, 0.05) is 30.0 Å². The summed E-state index contributed by atoms with van der Waals surface area (Å²) < 4.78 is 5.82. The van der Waals surface area contributed by atoms with Crippen LogP contribution in [-0.2, 0) is 11.2 Å². The average Bonchev–Trinajstić information content (AvgIpc) is 2.48. The molecule has 21 heavy (non-hydrogen) atoms. The maximum atomic E-state index is 10.6. The van der Waals surface area contributed by atoms with Gasteiger partial charge in [-0.15, -0.1) is 0 Å². The van der Waals surface area contributed by atoms with Crippen LogP contribution in [0, 0.1) is 6.92 Å². The Labute approximate surface area is 123 Å². The van der Waals surface area contributed by atoms with Crippen molar-refractivity contribution >= 4 is 12.0 Å². The van der Waals surface area contributed by atoms with Crippen molar-refractivity contribution in [3.63, 3.8) is 0 Å². The summed E-state index contributed by atoms with van der Waals surface area (Å²) >= 11 is 0. The molecule has 0 unspecified atom stereocenters. The molecule has 0 atom stereocenters. The molecule has 0 bridgehead atoms. The Morgan fingerprint density at radius 1 is 1.29 bits per heavy atom. The molecule has 1 heterocycles. The number of aryl methyl sites for hydroxylation is 1. The predicted molar refractivity (Wildman–Crippen MR) is 81.3 cm³/mol. The molecule has 0 radical (unpaired) electrons. The van der Waals surface area contributed by atoms with E-state index in [1.54, 1.807) is 12.3 Å². The number of pyridine rings is 1. The van der Waals surface area contributed by atoms with E-state index in [0.717, 1.165) is 22.9 Å². The van der Waals surface area contributed by atoms with Crippen molar-refractivity contribution in [2.45, 2.75) is 13.3 Å². The molecule has 0 aliphatic rings. The molecule has 0 fully saturated rings. The van der Waals surface area contributed by atoms with Crippen molar-refractivity contribution in [1.82, 2.24) is 4.98 Å². The molecule has 0 saturated carbocycles. The molecule has 0 amide bonds. The van der Waals surface area contributed by atoms with E-state index in [0.29, 0.717) is 18.8 Å². The minimum atomic E-state index is -0.976. The average molecular weight is 283 g/mol. The van der Waals surface area contributed by atoms with E-state index in [4.69, 9.17) is 9.84 Å². The van der Waals surface area contributed by atoms with E-state index in [1.165, 1.54) is 0 Å². The second-order valence-corrected chi connectivity index (χ2v) is 4.58. The predicted octanol–water partition coefficient (Wildman–Crippen LogP) is 3.11. The number of carboxylic acids is 1.